The summed E-state index contributed by atoms with van der Waals surface area (Å²) in [6, 6.07) is 0. The molecule has 0 bridgehead atoms. The first kappa shape index (κ1) is 12.3. The van der Waals surface area contributed by atoms with E-state index in [0.717, 1.165) is 0 Å². The van der Waals surface area contributed by atoms with E-state index in [-0.39, 0.29) is 0 Å². The van der Waals surface area contributed by atoms with Gasteiger partial charge in [-0.25, -0.2) is 14.8 Å². The fourth-order valence-electron chi connectivity index (χ4n) is 1.74. The van der Waals surface area contributed by atoms with E-state index >= 15 is 0 Å². The summed E-state index contributed by atoms with van der Waals surface area (Å²) in [5.74, 6) is 1.19. The molecule has 2 rings (SSSR count). The van der Waals surface area contributed by atoms with Gasteiger partial charge in [-0.3, -0.25) is 0 Å². The minimum Gasteiger partial charge on any atom is -0.465 e. The number of hydrogen-bond acceptors (Lipinski definition) is 6. The molecule has 8 heteroatoms. The molecule has 1 fully saturated rings. The summed E-state index contributed by atoms with van der Waals surface area (Å²) in [6.45, 7) is 2.14. The highest BCUT2D eigenvalue weighted by Gasteiger charge is 2.22. The zero-order valence-electron chi connectivity index (χ0n) is 10.4. The molecule has 1 aliphatic heterocycles. The van der Waals surface area contributed by atoms with Crippen LogP contribution in [0.25, 0.3) is 0 Å². The highest BCUT2D eigenvalue weighted by atomic mass is 16.4. The maximum atomic E-state index is 10.8. The van der Waals surface area contributed by atoms with E-state index in [1.807, 2.05) is 19.0 Å². The molecule has 18 heavy (non-hydrogen) atoms. The van der Waals surface area contributed by atoms with Crippen LogP contribution < -0.4 is 9.80 Å². The van der Waals surface area contributed by atoms with Crippen LogP contribution >= 0.6 is 0 Å². The molecular weight excluding hydrogens is 236 g/mol. The molecular formula is C10H16N6O2. The highest BCUT2D eigenvalue weighted by molar-refractivity contribution is 5.65. The molecule has 1 aliphatic rings. The normalized spacial score (nSPS) is 15.7. The number of nitrogens with zero attached hydrogens (tertiary/aromatic N) is 6. The van der Waals surface area contributed by atoms with Crippen molar-refractivity contribution >= 4 is 18.0 Å². The Hall–Kier alpha value is -2.12. The number of anilines is 2. The minimum absolute atomic E-state index is 0.471. The van der Waals surface area contributed by atoms with Crippen molar-refractivity contribution in [2.75, 3.05) is 50.1 Å². The van der Waals surface area contributed by atoms with Crippen LogP contribution in [0.2, 0.25) is 0 Å². The summed E-state index contributed by atoms with van der Waals surface area (Å²) in [5, 5.41) is 8.87. The minimum atomic E-state index is -0.876. The predicted octanol–water partition coefficient (Wildman–Crippen LogP) is -0.262. The standard InChI is InChI=1S/C10H16N6O2/c1-14(2)8-11-7-12-9(13-8)15-3-5-16(6-4-15)10(17)18/h7H,3-6H2,1-2H3,(H,17,18). The van der Waals surface area contributed by atoms with Crippen molar-refractivity contribution in [1.29, 1.82) is 0 Å². The van der Waals surface area contributed by atoms with Gasteiger partial charge in [-0.05, 0) is 0 Å². The second kappa shape index (κ2) is 5.03. The molecule has 1 saturated heterocycles. The average Bonchev–Trinajstić information content (AvgIpc) is 2.39. The Morgan fingerprint density at radius 2 is 1.94 bits per heavy atom. The Kier molecular flexibility index (Phi) is 3.45. The molecule has 1 N–H and O–H groups in total. The molecule has 0 saturated carbocycles. The third kappa shape index (κ3) is 2.58. The third-order valence-corrected chi connectivity index (χ3v) is 2.78. The van der Waals surface area contributed by atoms with Crippen molar-refractivity contribution in [1.82, 2.24) is 19.9 Å². The van der Waals surface area contributed by atoms with Crippen molar-refractivity contribution in [2.45, 2.75) is 0 Å². The number of aromatic nitrogens is 3. The second-order valence-electron chi connectivity index (χ2n) is 4.24. The van der Waals surface area contributed by atoms with Crippen LogP contribution in [0.4, 0.5) is 16.7 Å². The van der Waals surface area contributed by atoms with Crippen LogP contribution in [-0.4, -0.2) is 71.3 Å². The van der Waals surface area contributed by atoms with Crippen LogP contribution in [-0.2, 0) is 0 Å². The molecule has 1 aromatic rings. The molecule has 0 aliphatic carbocycles. The summed E-state index contributed by atoms with van der Waals surface area (Å²) in [6.07, 6.45) is 0.598. The fourth-order valence-corrected chi connectivity index (χ4v) is 1.74. The van der Waals surface area contributed by atoms with Gasteiger partial charge in [0.05, 0.1) is 0 Å². The lowest BCUT2D eigenvalue weighted by molar-refractivity contribution is 0.142. The lowest BCUT2D eigenvalue weighted by Crippen LogP contribution is -2.48. The lowest BCUT2D eigenvalue weighted by atomic mass is 10.3. The number of amides is 1. The van der Waals surface area contributed by atoms with Crippen molar-refractivity contribution in [2.24, 2.45) is 0 Å². The predicted molar refractivity (Wildman–Crippen MR) is 66.0 cm³/mol. The molecule has 2 heterocycles. The Morgan fingerprint density at radius 1 is 1.28 bits per heavy atom. The van der Waals surface area contributed by atoms with E-state index in [1.54, 1.807) is 4.90 Å². The first-order chi connectivity index (χ1) is 8.58. The molecule has 98 valence electrons. The SMILES string of the molecule is CN(C)c1ncnc(N2CCN(C(=O)O)CC2)n1. The first-order valence-corrected chi connectivity index (χ1v) is 5.67. The van der Waals surface area contributed by atoms with Crippen molar-refractivity contribution < 1.29 is 9.90 Å². The van der Waals surface area contributed by atoms with E-state index in [9.17, 15) is 4.79 Å². The molecule has 8 nitrogen and oxygen atoms in total. The largest absolute Gasteiger partial charge is 0.465 e. The quantitative estimate of drug-likeness (QED) is 0.775. The van der Waals surface area contributed by atoms with E-state index in [0.29, 0.717) is 38.1 Å². The van der Waals surface area contributed by atoms with Crippen LogP contribution in [0.5, 0.6) is 0 Å². The van der Waals surface area contributed by atoms with Crippen LogP contribution in [0.3, 0.4) is 0 Å². The fraction of sp³-hybridized carbons (Fsp3) is 0.600. The zero-order valence-corrected chi connectivity index (χ0v) is 10.4. The Labute approximate surface area is 105 Å². The van der Waals surface area contributed by atoms with Crippen molar-refractivity contribution in [3.05, 3.63) is 6.33 Å². The van der Waals surface area contributed by atoms with Gasteiger partial charge >= 0.3 is 6.09 Å². The maximum Gasteiger partial charge on any atom is 0.407 e. The van der Waals surface area contributed by atoms with Crippen LogP contribution in [0.15, 0.2) is 6.33 Å². The summed E-state index contributed by atoms with van der Waals surface area (Å²) < 4.78 is 0. The monoisotopic (exact) mass is 252 g/mol. The Morgan fingerprint density at radius 3 is 2.50 bits per heavy atom. The Bertz CT molecular complexity index is 430. The van der Waals surface area contributed by atoms with Crippen molar-refractivity contribution in [3.63, 3.8) is 0 Å². The van der Waals surface area contributed by atoms with Gasteiger partial charge in [-0.1, -0.05) is 0 Å². The van der Waals surface area contributed by atoms with E-state index < -0.39 is 6.09 Å². The molecule has 0 radical (unpaired) electrons. The van der Waals surface area contributed by atoms with Gasteiger partial charge in [0.25, 0.3) is 0 Å². The highest BCUT2D eigenvalue weighted by Crippen LogP contribution is 2.12. The number of piperazine rings is 1. The third-order valence-electron chi connectivity index (χ3n) is 2.78. The van der Waals surface area contributed by atoms with Gasteiger partial charge in [-0.15, -0.1) is 0 Å². The van der Waals surface area contributed by atoms with E-state index in [2.05, 4.69) is 15.0 Å². The van der Waals surface area contributed by atoms with Gasteiger partial charge in [0.2, 0.25) is 11.9 Å². The first-order valence-electron chi connectivity index (χ1n) is 5.67. The maximum absolute atomic E-state index is 10.8. The van der Waals surface area contributed by atoms with Gasteiger partial charge in [-0.2, -0.15) is 4.98 Å². The topological polar surface area (TPSA) is 85.7 Å². The molecule has 0 aromatic carbocycles. The van der Waals surface area contributed by atoms with Crippen LogP contribution in [0.1, 0.15) is 0 Å². The molecule has 0 spiro atoms. The smallest absolute Gasteiger partial charge is 0.407 e. The number of carbonyl (C=O) groups is 1. The summed E-state index contributed by atoms with van der Waals surface area (Å²) in [4.78, 5) is 28.5. The van der Waals surface area contributed by atoms with E-state index in [4.69, 9.17) is 5.11 Å². The number of hydrogen-bond donors (Lipinski definition) is 1. The average molecular weight is 252 g/mol. The zero-order chi connectivity index (χ0) is 13.1. The van der Waals surface area contributed by atoms with Crippen molar-refractivity contribution in [3.8, 4) is 0 Å². The molecule has 0 unspecified atom stereocenters. The Balaban J connectivity index is 2.05. The second-order valence-corrected chi connectivity index (χ2v) is 4.24. The van der Waals surface area contributed by atoms with Gasteiger partial charge in [0, 0.05) is 40.3 Å². The molecule has 1 amide bonds. The number of carboxylic acid groups (broad SMARTS) is 1. The number of rotatable bonds is 2. The van der Waals surface area contributed by atoms with Crippen LogP contribution in [0, 0.1) is 0 Å². The van der Waals surface area contributed by atoms with Gasteiger partial charge < -0.3 is 19.8 Å². The van der Waals surface area contributed by atoms with Gasteiger partial charge in [0.1, 0.15) is 6.33 Å². The summed E-state index contributed by atoms with van der Waals surface area (Å²) in [7, 11) is 3.73. The van der Waals surface area contributed by atoms with E-state index in [1.165, 1.54) is 11.2 Å². The van der Waals surface area contributed by atoms with Gasteiger partial charge in [0.15, 0.2) is 0 Å². The summed E-state index contributed by atoms with van der Waals surface area (Å²) >= 11 is 0. The lowest BCUT2D eigenvalue weighted by Gasteiger charge is -2.33. The molecule has 0 atom stereocenters. The molecule has 1 aromatic heterocycles. The summed E-state index contributed by atoms with van der Waals surface area (Å²) in [5.41, 5.74) is 0.